The van der Waals surface area contributed by atoms with Crippen molar-refractivity contribution >= 4 is 17.7 Å². The lowest BCUT2D eigenvalue weighted by Gasteiger charge is -2.28. The van der Waals surface area contributed by atoms with Gasteiger partial charge >= 0.3 is 5.97 Å². The summed E-state index contributed by atoms with van der Waals surface area (Å²) in [7, 11) is 0. The van der Waals surface area contributed by atoms with Gasteiger partial charge in [-0.25, -0.2) is 0 Å². The first-order valence-electron chi connectivity index (χ1n) is 7.29. The fourth-order valence-corrected chi connectivity index (χ4v) is 3.07. The summed E-state index contributed by atoms with van der Waals surface area (Å²) in [4.78, 5) is 12.6. The molecule has 0 aliphatic heterocycles. The van der Waals surface area contributed by atoms with E-state index in [0.29, 0.717) is 5.75 Å². The van der Waals surface area contributed by atoms with Gasteiger partial charge in [0.2, 0.25) is 0 Å². The van der Waals surface area contributed by atoms with Crippen LogP contribution >= 0.6 is 11.8 Å². The van der Waals surface area contributed by atoms with Crippen LogP contribution in [0.3, 0.4) is 0 Å². The second-order valence-electron chi connectivity index (χ2n) is 7.00. The zero-order chi connectivity index (χ0) is 16.3. The molecule has 1 aromatic carbocycles. The maximum atomic E-state index is 11.5. The molecule has 3 nitrogen and oxygen atoms in total. The molecular weight excluding hydrogens is 282 g/mol. The van der Waals surface area contributed by atoms with Gasteiger partial charge in [-0.05, 0) is 43.9 Å². The lowest BCUT2D eigenvalue weighted by atomic mass is 9.87. The number of carbonyl (C=O) groups is 1. The summed E-state index contributed by atoms with van der Waals surface area (Å²) in [6, 6.07) is 8.52. The first-order valence-corrected chi connectivity index (χ1v) is 8.27. The summed E-state index contributed by atoms with van der Waals surface area (Å²) in [5.41, 5.74) is 0.507. The van der Waals surface area contributed by atoms with Gasteiger partial charge in [0.15, 0.2) is 0 Å². The molecule has 1 rings (SSSR count). The molecule has 0 fully saturated rings. The van der Waals surface area contributed by atoms with E-state index in [9.17, 15) is 9.90 Å². The standard InChI is InChI=1S/C17H27NO2S/c1-12(2)18-17(6,15(19)20)11-21-14-9-7-13(8-10-14)16(3,4)5/h7-10,12,18H,11H2,1-6H3,(H,19,20). The number of hydrogen-bond acceptors (Lipinski definition) is 3. The highest BCUT2D eigenvalue weighted by Gasteiger charge is 2.33. The molecule has 2 N–H and O–H groups in total. The summed E-state index contributed by atoms with van der Waals surface area (Å²) in [6.45, 7) is 12.2. The Morgan fingerprint density at radius 3 is 2.10 bits per heavy atom. The van der Waals surface area contributed by atoms with Crippen LogP contribution in [0, 0.1) is 0 Å². The van der Waals surface area contributed by atoms with Crippen LogP contribution < -0.4 is 5.32 Å². The van der Waals surface area contributed by atoms with Crippen LogP contribution in [0.1, 0.15) is 47.1 Å². The van der Waals surface area contributed by atoms with E-state index in [2.05, 4.69) is 50.4 Å². The number of carboxylic acids is 1. The molecule has 0 saturated heterocycles. The largest absolute Gasteiger partial charge is 0.480 e. The van der Waals surface area contributed by atoms with E-state index in [1.807, 2.05) is 13.8 Å². The Kier molecular flexibility index (Phi) is 5.88. The second-order valence-corrected chi connectivity index (χ2v) is 8.05. The van der Waals surface area contributed by atoms with Crippen LogP contribution in [0.15, 0.2) is 29.2 Å². The predicted molar refractivity (Wildman–Crippen MR) is 90.2 cm³/mol. The molecule has 0 radical (unpaired) electrons. The van der Waals surface area contributed by atoms with Crippen LogP contribution in [0.4, 0.5) is 0 Å². The SMILES string of the molecule is CC(C)NC(C)(CSc1ccc(C(C)(C)C)cc1)C(=O)O. The number of hydrogen-bond donors (Lipinski definition) is 2. The fraction of sp³-hybridized carbons (Fsp3) is 0.588. The van der Waals surface area contributed by atoms with Crippen LogP contribution in [-0.4, -0.2) is 28.4 Å². The van der Waals surface area contributed by atoms with Crippen LogP contribution in [0.2, 0.25) is 0 Å². The summed E-state index contributed by atoms with van der Waals surface area (Å²) in [6.07, 6.45) is 0. The molecule has 21 heavy (non-hydrogen) atoms. The number of nitrogens with one attached hydrogen (secondary N) is 1. The molecule has 0 aliphatic carbocycles. The Morgan fingerprint density at radius 1 is 1.19 bits per heavy atom. The van der Waals surface area contributed by atoms with E-state index in [4.69, 9.17) is 0 Å². The molecule has 0 aliphatic rings. The smallest absolute Gasteiger partial charge is 0.324 e. The van der Waals surface area contributed by atoms with Gasteiger partial charge in [-0.15, -0.1) is 11.8 Å². The molecule has 1 unspecified atom stereocenters. The zero-order valence-electron chi connectivity index (χ0n) is 13.9. The molecule has 0 spiro atoms. The summed E-state index contributed by atoms with van der Waals surface area (Å²) >= 11 is 1.57. The molecular formula is C17H27NO2S. The van der Waals surface area contributed by atoms with E-state index in [-0.39, 0.29) is 11.5 Å². The molecule has 0 heterocycles. The van der Waals surface area contributed by atoms with Crippen molar-refractivity contribution in [2.45, 2.75) is 63.4 Å². The molecule has 0 aromatic heterocycles. The van der Waals surface area contributed by atoms with Gasteiger partial charge in [0.25, 0.3) is 0 Å². The minimum Gasteiger partial charge on any atom is -0.480 e. The zero-order valence-corrected chi connectivity index (χ0v) is 14.7. The Hall–Kier alpha value is -1.00. The maximum Gasteiger partial charge on any atom is 0.324 e. The molecule has 118 valence electrons. The van der Waals surface area contributed by atoms with Crippen molar-refractivity contribution in [1.82, 2.24) is 5.32 Å². The number of rotatable bonds is 6. The predicted octanol–water partition coefficient (Wildman–Crippen LogP) is 3.92. The maximum absolute atomic E-state index is 11.5. The summed E-state index contributed by atoms with van der Waals surface area (Å²) in [5.74, 6) is -0.315. The van der Waals surface area contributed by atoms with E-state index in [1.54, 1.807) is 18.7 Å². The van der Waals surface area contributed by atoms with E-state index in [1.165, 1.54) is 5.56 Å². The minimum absolute atomic E-state index is 0.134. The normalized spacial score (nSPS) is 15.0. The number of aliphatic carboxylic acids is 1. The second kappa shape index (κ2) is 6.84. The molecule has 1 atom stereocenters. The van der Waals surface area contributed by atoms with Gasteiger partial charge in [0.1, 0.15) is 5.54 Å². The third-order valence-electron chi connectivity index (χ3n) is 3.33. The van der Waals surface area contributed by atoms with Gasteiger partial charge in [-0.3, -0.25) is 10.1 Å². The topological polar surface area (TPSA) is 49.3 Å². The lowest BCUT2D eigenvalue weighted by molar-refractivity contribution is -0.143. The average molecular weight is 309 g/mol. The first-order chi connectivity index (χ1) is 9.54. The first kappa shape index (κ1) is 18.1. The van der Waals surface area contributed by atoms with Gasteiger partial charge < -0.3 is 5.11 Å². The fourth-order valence-electron chi connectivity index (χ4n) is 2.08. The van der Waals surface area contributed by atoms with E-state index >= 15 is 0 Å². The minimum atomic E-state index is -0.915. The Bertz CT molecular complexity index is 477. The number of benzene rings is 1. The monoisotopic (exact) mass is 309 g/mol. The van der Waals surface area contributed by atoms with Crippen molar-refractivity contribution < 1.29 is 9.90 Å². The Balaban J connectivity index is 2.75. The molecule has 0 amide bonds. The van der Waals surface area contributed by atoms with Crippen molar-refractivity contribution in [3.63, 3.8) is 0 Å². The summed E-state index contributed by atoms with van der Waals surface area (Å²) in [5, 5.41) is 12.6. The van der Waals surface area contributed by atoms with Gasteiger partial charge in [-0.1, -0.05) is 32.9 Å². The molecule has 4 heteroatoms. The van der Waals surface area contributed by atoms with Crippen LogP contribution in [0.5, 0.6) is 0 Å². The van der Waals surface area contributed by atoms with Crippen molar-refractivity contribution in [2.24, 2.45) is 0 Å². The average Bonchev–Trinajstić information content (AvgIpc) is 2.35. The molecule has 0 saturated carbocycles. The summed E-state index contributed by atoms with van der Waals surface area (Å²) < 4.78 is 0. The van der Waals surface area contributed by atoms with E-state index < -0.39 is 11.5 Å². The van der Waals surface area contributed by atoms with Gasteiger partial charge in [0, 0.05) is 16.7 Å². The lowest BCUT2D eigenvalue weighted by Crippen LogP contribution is -2.54. The highest BCUT2D eigenvalue weighted by Crippen LogP contribution is 2.27. The van der Waals surface area contributed by atoms with Crippen molar-refractivity contribution in [2.75, 3.05) is 5.75 Å². The Labute approximate surface area is 132 Å². The Morgan fingerprint density at radius 2 is 1.71 bits per heavy atom. The molecule has 0 bridgehead atoms. The molecule has 1 aromatic rings. The number of thioether (sulfide) groups is 1. The van der Waals surface area contributed by atoms with E-state index in [0.717, 1.165) is 4.90 Å². The third kappa shape index (κ3) is 5.36. The third-order valence-corrected chi connectivity index (χ3v) is 4.65. The van der Waals surface area contributed by atoms with Crippen LogP contribution in [-0.2, 0) is 10.2 Å². The van der Waals surface area contributed by atoms with Gasteiger partial charge in [-0.2, -0.15) is 0 Å². The van der Waals surface area contributed by atoms with Crippen molar-refractivity contribution in [1.29, 1.82) is 0 Å². The highest BCUT2D eigenvalue weighted by molar-refractivity contribution is 7.99. The number of carboxylic acid groups (broad SMARTS) is 1. The van der Waals surface area contributed by atoms with Crippen molar-refractivity contribution in [3.05, 3.63) is 29.8 Å². The van der Waals surface area contributed by atoms with Gasteiger partial charge in [0.05, 0.1) is 0 Å². The van der Waals surface area contributed by atoms with Crippen LogP contribution in [0.25, 0.3) is 0 Å². The highest BCUT2D eigenvalue weighted by atomic mass is 32.2. The van der Waals surface area contributed by atoms with Crippen molar-refractivity contribution in [3.8, 4) is 0 Å². The quantitative estimate of drug-likeness (QED) is 0.782.